The van der Waals surface area contributed by atoms with Gasteiger partial charge in [0.15, 0.2) is 0 Å². The minimum atomic E-state index is -0.371. The van der Waals surface area contributed by atoms with Crippen molar-refractivity contribution in [3.63, 3.8) is 0 Å². The summed E-state index contributed by atoms with van der Waals surface area (Å²) in [7, 11) is 0. The van der Waals surface area contributed by atoms with Gasteiger partial charge in [0, 0.05) is 19.2 Å². The smallest absolute Gasteiger partial charge is 0.242 e. The number of pyridine rings is 1. The Bertz CT molecular complexity index is 684. The lowest BCUT2D eigenvalue weighted by Crippen LogP contribution is -2.38. The first-order valence-corrected chi connectivity index (χ1v) is 8.08. The molecule has 1 atom stereocenters. The predicted molar refractivity (Wildman–Crippen MR) is 87.1 cm³/mol. The van der Waals surface area contributed by atoms with E-state index in [4.69, 9.17) is 11.6 Å². The summed E-state index contributed by atoms with van der Waals surface area (Å²) in [5, 5.41) is 14.9. The van der Waals surface area contributed by atoms with Crippen LogP contribution in [-0.4, -0.2) is 31.7 Å². The summed E-state index contributed by atoms with van der Waals surface area (Å²) in [6.07, 6.45) is 4.79. The second-order valence-corrected chi connectivity index (χ2v) is 6.03. The summed E-state index contributed by atoms with van der Waals surface area (Å²) in [5.74, 6) is 2.24. The number of nitrogens with one attached hydrogen (secondary N) is 2. The Balaban J connectivity index is 1.54. The molecule has 1 unspecified atom stereocenters. The molecule has 1 aliphatic rings. The predicted octanol–water partition coefficient (Wildman–Crippen LogP) is 1.78. The summed E-state index contributed by atoms with van der Waals surface area (Å²) in [5.41, 5.74) is 0. The van der Waals surface area contributed by atoms with Gasteiger partial charge < -0.3 is 9.88 Å². The van der Waals surface area contributed by atoms with Gasteiger partial charge in [-0.3, -0.25) is 10.1 Å². The quantitative estimate of drug-likeness (QED) is 0.870. The zero-order valence-corrected chi connectivity index (χ0v) is 13.7. The number of aromatic nitrogens is 4. The highest BCUT2D eigenvalue weighted by Gasteiger charge is 2.18. The molecular weight excluding hydrogens is 316 g/mol. The van der Waals surface area contributed by atoms with E-state index in [1.54, 1.807) is 19.1 Å². The van der Waals surface area contributed by atoms with Crippen LogP contribution in [0.15, 0.2) is 18.3 Å². The largest absolute Gasteiger partial charge is 0.314 e. The van der Waals surface area contributed by atoms with Crippen molar-refractivity contribution in [1.82, 2.24) is 25.1 Å². The van der Waals surface area contributed by atoms with Crippen LogP contribution < -0.4 is 10.6 Å². The van der Waals surface area contributed by atoms with Gasteiger partial charge in [-0.05, 0) is 31.9 Å². The lowest BCUT2D eigenvalue weighted by atomic mass is 10.1. The van der Waals surface area contributed by atoms with Crippen LogP contribution in [0.4, 0.5) is 5.82 Å². The van der Waals surface area contributed by atoms with E-state index in [1.807, 2.05) is 0 Å². The van der Waals surface area contributed by atoms with E-state index in [0.29, 0.717) is 17.4 Å². The summed E-state index contributed by atoms with van der Waals surface area (Å²) < 4.78 is 2.14. The molecular formula is C15H19ClN6O. The van der Waals surface area contributed by atoms with Gasteiger partial charge in [0.05, 0.1) is 17.6 Å². The lowest BCUT2D eigenvalue weighted by molar-refractivity contribution is -0.117. The molecule has 1 amide bonds. The third-order valence-corrected chi connectivity index (χ3v) is 4.10. The zero-order valence-electron chi connectivity index (χ0n) is 12.9. The van der Waals surface area contributed by atoms with Gasteiger partial charge in [-0.2, -0.15) is 0 Å². The number of carbonyl (C=O) groups excluding carboxylic acids is 1. The summed E-state index contributed by atoms with van der Waals surface area (Å²) >= 11 is 5.77. The molecule has 0 saturated carbocycles. The van der Waals surface area contributed by atoms with Crippen molar-refractivity contribution >= 4 is 23.3 Å². The van der Waals surface area contributed by atoms with Crippen LogP contribution in [0.3, 0.4) is 0 Å². The van der Waals surface area contributed by atoms with Crippen molar-refractivity contribution in [1.29, 1.82) is 0 Å². The van der Waals surface area contributed by atoms with Crippen molar-refractivity contribution in [3.8, 4) is 0 Å². The molecule has 3 rings (SSSR count). The maximum atomic E-state index is 12.2. The van der Waals surface area contributed by atoms with Gasteiger partial charge in [-0.1, -0.05) is 11.6 Å². The van der Waals surface area contributed by atoms with Crippen LogP contribution in [0, 0.1) is 0 Å². The standard InChI is InChI=1S/C15H19ClN6O/c1-10(15(23)19-12-6-5-11(16)8-18-12)17-9-14-21-20-13-4-2-3-7-22(13)14/h5-6,8,10,17H,2-4,7,9H2,1H3,(H,18,19,23). The van der Waals surface area contributed by atoms with Crippen LogP contribution >= 0.6 is 11.6 Å². The fourth-order valence-corrected chi connectivity index (χ4v) is 2.63. The van der Waals surface area contributed by atoms with E-state index < -0.39 is 0 Å². The first kappa shape index (κ1) is 15.9. The van der Waals surface area contributed by atoms with Crippen LogP contribution in [0.1, 0.15) is 31.4 Å². The molecule has 2 aromatic heterocycles. The number of aryl methyl sites for hydroxylation is 1. The minimum absolute atomic E-state index is 0.154. The Morgan fingerprint density at radius 1 is 1.39 bits per heavy atom. The highest BCUT2D eigenvalue weighted by Crippen LogP contribution is 2.14. The number of rotatable bonds is 5. The SMILES string of the molecule is CC(NCc1nnc2n1CCCC2)C(=O)Nc1ccc(Cl)cn1. The average molecular weight is 335 g/mol. The molecule has 0 radical (unpaired) electrons. The Labute approximate surface area is 139 Å². The van der Waals surface area contributed by atoms with Gasteiger partial charge in [-0.25, -0.2) is 4.98 Å². The molecule has 8 heteroatoms. The van der Waals surface area contributed by atoms with Crippen LogP contribution in [0.2, 0.25) is 5.02 Å². The van der Waals surface area contributed by atoms with Crippen LogP contribution in [0.25, 0.3) is 0 Å². The first-order valence-electron chi connectivity index (χ1n) is 7.70. The van der Waals surface area contributed by atoms with Crippen molar-refractivity contribution in [2.75, 3.05) is 5.32 Å². The molecule has 0 aromatic carbocycles. The van der Waals surface area contributed by atoms with Gasteiger partial charge in [0.2, 0.25) is 5.91 Å². The number of hydrogen-bond acceptors (Lipinski definition) is 5. The number of nitrogens with zero attached hydrogens (tertiary/aromatic N) is 4. The fraction of sp³-hybridized carbons (Fsp3) is 0.467. The Morgan fingerprint density at radius 3 is 3.04 bits per heavy atom. The highest BCUT2D eigenvalue weighted by atomic mass is 35.5. The van der Waals surface area contributed by atoms with Crippen molar-refractivity contribution in [2.24, 2.45) is 0 Å². The molecule has 23 heavy (non-hydrogen) atoms. The molecule has 122 valence electrons. The molecule has 0 aliphatic carbocycles. The van der Waals surface area contributed by atoms with Gasteiger partial charge in [0.25, 0.3) is 0 Å². The second-order valence-electron chi connectivity index (χ2n) is 5.59. The van der Waals surface area contributed by atoms with Crippen LogP contribution in [-0.2, 0) is 24.3 Å². The van der Waals surface area contributed by atoms with Crippen molar-refractivity contribution < 1.29 is 4.79 Å². The lowest BCUT2D eigenvalue weighted by Gasteiger charge is -2.17. The van der Waals surface area contributed by atoms with E-state index in [-0.39, 0.29) is 11.9 Å². The fourth-order valence-electron chi connectivity index (χ4n) is 2.52. The topological polar surface area (TPSA) is 84.7 Å². The van der Waals surface area contributed by atoms with E-state index in [9.17, 15) is 4.79 Å². The molecule has 7 nitrogen and oxygen atoms in total. The van der Waals surface area contributed by atoms with E-state index in [1.165, 1.54) is 12.6 Å². The van der Waals surface area contributed by atoms with Crippen molar-refractivity contribution in [2.45, 2.75) is 45.3 Å². The Kier molecular flexibility index (Phi) is 4.88. The molecule has 0 saturated heterocycles. The molecule has 0 fully saturated rings. The number of fused-ring (bicyclic) bond motifs is 1. The summed E-state index contributed by atoms with van der Waals surface area (Å²) in [6, 6.07) is 2.98. The number of carbonyl (C=O) groups is 1. The van der Waals surface area contributed by atoms with Crippen LogP contribution in [0.5, 0.6) is 0 Å². The summed E-state index contributed by atoms with van der Waals surface area (Å²) in [4.78, 5) is 16.2. The maximum absolute atomic E-state index is 12.2. The molecule has 0 bridgehead atoms. The number of amides is 1. The molecule has 1 aliphatic heterocycles. The normalized spacial score (nSPS) is 15.0. The van der Waals surface area contributed by atoms with Crippen molar-refractivity contribution in [3.05, 3.63) is 35.0 Å². The number of halogens is 1. The van der Waals surface area contributed by atoms with Gasteiger partial charge in [0.1, 0.15) is 17.5 Å². The molecule has 3 heterocycles. The summed E-state index contributed by atoms with van der Waals surface area (Å²) in [6.45, 7) is 3.27. The first-order chi connectivity index (χ1) is 11.1. The molecule has 2 N–H and O–H groups in total. The van der Waals surface area contributed by atoms with E-state index in [2.05, 4.69) is 30.4 Å². The van der Waals surface area contributed by atoms with Gasteiger partial charge >= 0.3 is 0 Å². The Hall–Kier alpha value is -1.99. The molecule has 2 aromatic rings. The number of hydrogen-bond donors (Lipinski definition) is 2. The van der Waals surface area contributed by atoms with E-state index in [0.717, 1.165) is 31.0 Å². The average Bonchev–Trinajstić information content (AvgIpc) is 2.98. The molecule has 0 spiro atoms. The third kappa shape index (κ3) is 3.86. The van der Waals surface area contributed by atoms with Gasteiger partial charge in [-0.15, -0.1) is 10.2 Å². The monoisotopic (exact) mass is 334 g/mol. The second kappa shape index (κ2) is 7.06. The van der Waals surface area contributed by atoms with E-state index >= 15 is 0 Å². The third-order valence-electron chi connectivity index (χ3n) is 3.87. The maximum Gasteiger partial charge on any atom is 0.242 e. The highest BCUT2D eigenvalue weighted by molar-refractivity contribution is 6.30. The number of anilines is 1. The minimum Gasteiger partial charge on any atom is -0.314 e. The Morgan fingerprint density at radius 2 is 2.26 bits per heavy atom. The zero-order chi connectivity index (χ0) is 16.2.